The molecule has 0 bridgehead atoms. The van der Waals surface area contributed by atoms with E-state index in [1.54, 1.807) is 23.1 Å². The lowest BCUT2D eigenvalue weighted by atomic mass is 9.97. The Morgan fingerprint density at radius 2 is 2.26 bits per heavy atom. The first-order valence-corrected chi connectivity index (χ1v) is 8.36. The third-order valence-corrected chi connectivity index (χ3v) is 6.30. The van der Waals surface area contributed by atoms with E-state index < -0.39 is 0 Å². The van der Waals surface area contributed by atoms with Crippen LogP contribution in [0.2, 0.25) is 0 Å². The predicted molar refractivity (Wildman–Crippen MR) is 81.9 cm³/mol. The number of para-hydroxylation sites is 1. The molecule has 1 aliphatic rings. The normalized spacial score (nSPS) is 18.6. The van der Waals surface area contributed by atoms with Crippen molar-refractivity contribution >= 4 is 33.3 Å². The number of nitrogens with zero attached hydrogens (tertiary/aromatic N) is 1. The number of likely N-dealkylation sites (N-methyl/N-ethyl adjacent to an activating group) is 1. The average Bonchev–Trinajstić information content (AvgIpc) is 3.21. The van der Waals surface area contributed by atoms with Crippen LogP contribution in [0.5, 0.6) is 0 Å². The smallest absolute Gasteiger partial charge is 0.151 e. The van der Waals surface area contributed by atoms with Gasteiger partial charge in [-0.25, -0.2) is 4.98 Å². The highest BCUT2D eigenvalue weighted by molar-refractivity contribution is 8.01. The summed E-state index contributed by atoms with van der Waals surface area (Å²) < 4.78 is 2.32. The Hall–Kier alpha value is -0.620. The number of aromatic nitrogens is 1. The summed E-state index contributed by atoms with van der Waals surface area (Å²) in [5.74, 6) is 1.49. The third-order valence-electron chi connectivity index (χ3n) is 3.87. The van der Waals surface area contributed by atoms with Gasteiger partial charge in [-0.05, 0) is 37.9 Å². The predicted octanol–water partition coefficient (Wildman–Crippen LogP) is 2.75. The number of nitrogens with one attached hydrogen (secondary N) is 1. The van der Waals surface area contributed by atoms with Crippen molar-refractivity contribution in [2.75, 3.05) is 19.4 Å². The van der Waals surface area contributed by atoms with E-state index in [4.69, 9.17) is 0 Å². The lowest BCUT2D eigenvalue weighted by molar-refractivity contribution is 0.167. The highest BCUT2D eigenvalue weighted by Gasteiger charge is 2.43. The first kappa shape index (κ1) is 13.4. The fourth-order valence-corrected chi connectivity index (χ4v) is 4.78. The lowest BCUT2D eigenvalue weighted by Gasteiger charge is -2.31. The van der Waals surface area contributed by atoms with Gasteiger partial charge in [0.15, 0.2) is 4.34 Å². The van der Waals surface area contributed by atoms with E-state index in [1.165, 1.54) is 17.5 Å². The van der Waals surface area contributed by atoms with E-state index >= 15 is 0 Å². The molecular weight excluding hydrogens is 276 g/mol. The second-order valence-corrected chi connectivity index (χ2v) is 7.33. The number of thiazole rings is 1. The number of fused-ring (bicyclic) bond motifs is 1. The minimum atomic E-state index is -0.136. The summed E-state index contributed by atoms with van der Waals surface area (Å²) in [4.78, 5) is 4.64. The monoisotopic (exact) mass is 294 g/mol. The van der Waals surface area contributed by atoms with Gasteiger partial charge in [0.2, 0.25) is 0 Å². The Labute approximate surface area is 121 Å². The minimum Gasteiger partial charge on any atom is -0.394 e. The molecule has 1 aliphatic carbocycles. The molecule has 1 unspecified atom stereocenters. The van der Waals surface area contributed by atoms with Gasteiger partial charge >= 0.3 is 0 Å². The van der Waals surface area contributed by atoms with Crippen molar-refractivity contribution in [3.63, 3.8) is 0 Å². The van der Waals surface area contributed by atoms with E-state index in [0.29, 0.717) is 5.92 Å². The van der Waals surface area contributed by atoms with Crippen molar-refractivity contribution in [1.29, 1.82) is 0 Å². The van der Waals surface area contributed by atoms with Crippen LogP contribution in [0.15, 0.2) is 28.6 Å². The van der Waals surface area contributed by atoms with Crippen molar-refractivity contribution < 1.29 is 5.11 Å². The summed E-state index contributed by atoms with van der Waals surface area (Å²) in [7, 11) is 1.95. The van der Waals surface area contributed by atoms with Gasteiger partial charge in [0.05, 0.1) is 22.4 Å². The van der Waals surface area contributed by atoms with Gasteiger partial charge in [-0.15, -0.1) is 11.3 Å². The molecule has 0 aliphatic heterocycles. The zero-order chi connectivity index (χ0) is 13.3. The summed E-state index contributed by atoms with van der Waals surface area (Å²) in [6, 6.07) is 8.22. The van der Waals surface area contributed by atoms with Crippen LogP contribution in [0.25, 0.3) is 10.2 Å². The van der Waals surface area contributed by atoms with Crippen molar-refractivity contribution in [3.05, 3.63) is 24.3 Å². The largest absolute Gasteiger partial charge is 0.394 e. The number of benzene rings is 1. The SMILES string of the molecule is CNC(CO)(CSc1nc2ccccc2s1)C1CC1. The van der Waals surface area contributed by atoms with Gasteiger partial charge in [0.1, 0.15) is 0 Å². The number of hydrogen-bond donors (Lipinski definition) is 2. The number of aliphatic hydroxyl groups is 1. The molecule has 19 heavy (non-hydrogen) atoms. The number of hydrogen-bond acceptors (Lipinski definition) is 5. The maximum atomic E-state index is 9.71. The van der Waals surface area contributed by atoms with Crippen LogP contribution in [0.3, 0.4) is 0 Å². The number of aliphatic hydroxyl groups excluding tert-OH is 1. The van der Waals surface area contributed by atoms with Gasteiger partial charge in [-0.2, -0.15) is 0 Å². The Bertz CT molecular complexity index is 528. The molecule has 102 valence electrons. The van der Waals surface area contributed by atoms with E-state index in [9.17, 15) is 5.11 Å². The Morgan fingerprint density at radius 3 is 2.89 bits per heavy atom. The molecule has 1 heterocycles. The quantitative estimate of drug-likeness (QED) is 0.804. The summed E-state index contributed by atoms with van der Waals surface area (Å²) in [6.07, 6.45) is 2.45. The molecule has 1 aromatic heterocycles. The Kier molecular flexibility index (Phi) is 3.80. The molecule has 0 spiro atoms. The van der Waals surface area contributed by atoms with Crippen molar-refractivity contribution in [1.82, 2.24) is 10.3 Å². The first-order valence-electron chi connectivity index (χ1n) is 6.55. The standard InChI is InChI=1S/C14H18N2OS2/c1-15-14(8-17,10-6-7-10)9-18-13-16-11-4-2-3-5-12(11)19-13/h2-5,10,15,17H,6-9H2,1H3. The lowest BCUT2D eigenvalue weighted by Crippen LogP contribution is -2.51. The third kappa shape index (κ3) is 2.65. The molecule has 2 N–H and O–H groups in total. The summed E-state index contributed by atoms with van der Waals surface area (Å²) >= 11 is 3.49. The molecule has 1 saturated carbocycles. The average molecular weight is 294 g/mol. The molecule has 2 aromatic rings. The fourth-order valence-electron chi connectivity index (χ4n) is 2.39. The zero-order valence-electron chi connectivity index (χ0n) is 10.9. The molecule has 1 atom stereocenters. The van der Waals surface area contributed by atoms with E-state index in [0.717, 1.165) is 15.6 Å². The van der Waals surface area contributed by atoms with Crippen LogP contribution in [0.1, 0.15) is 12.8 Å². The highest BCUT2D eigenvalue weighted by Crippen LogP contribution is 2.42. The topological polar surface area (TPSA) is 45.1 Å². The molecule has 0 radical (unpaired) electrons. The van der Waals surface area contributed by atoms with Crippen molar-refractivity contribution in [3.8, 4) is 0 Å². The minimum absolute atomic E-state index is 0.136. The molecule has 1 aromatic carbocycles. The van der Waals surface area contributed by atoms with Crippen molar-refractivity contribution in [2.24, 2.45) is 5.92 Å². The molecule has 1 fully saturated rings. The Morgan fingerprint density at radius 1 is 1.47 bits per heavy atom. The maximum Gasteiger partial charge on any atom is 0.151 e. The summed E-state index contributed by atoms with van der Waals surface area (Å²) in [5.41, 5.74) is 0.933. The molecule has 0 amide bonds. The van der Waals surface area contributed by atoms with Crippen LogP contribution < -0.4 is 5.32 Å². The Balaban J connectivity index is 1.74. The fraction of sp³-hybridized carbons (Fsp3) is 0.500. The van der Waals surface area contributed by atoms with Gasteiger partial charge in [-0.1, -0.05) is 23.9 Å². The molecular formula is C14H18N2OS2. The van der Waals surface area contributed by atoms with Crippen LogP contribution in [0.4, 0.5) is 0 Å². The van der Waals surface area contributed by atoms with E-state index in [-0.39, 0.29) is 12.1 Å². The second-order valence-electron chi connectivity index (χ2n) is 5.07. The highest BCUT2D eigenvalue weighted by atomic mass is 32.2. The van der Waals surface area contributed by atoms with E-state index in [1.807, 2.05) is 25.2 Å². The van der Waals surface area contributed by atoms with Gasteiger partial charge in [-0.3, -0.25) is 0 Å². The second kappa shape index (κ2) is 5.40. The van der Waals surface area contributed by atoms with Gasteiger partial charge in [0, 0.05) is 5.75 Å². The summed E-state index contributed by atoms with van der Waals surface area (Å²) in [6.45, 7) is 0.200. The van der Waals surface area contributed by atoms with E-state index in [2.05, 4.69) is 16.4 Å². The van der Waals surface area contributed by atoms with Gasteiger partial charge in [0.25, 0.3) is 0 Å². The van der Waals surface area contributed by atoms with Crippen LogP contribution >= 0.6 is 23.1 Å². The number of thioether (sulfide) groups is 1. The van der Waals surface area contributed by atoms with Crippen LogP contribution in [-0.2, 0) is 0 Å². The molecule has 3 nitrogen and oxygen atoms in total. The number of rotatable bonds is 6. The van der Waals surface area contributed by atoms with Gasteiger partial charge < -0.3 is 10.4 Å². The first-order chi connectivity index (χ1) is 9.27. The molecule has 5 heteroatoms. The van der Waals surface area contributed by atoms with Crippen molar-refractivity contribution in [2.45, 2.75) is 22.7 Å². The molecule has 0 saturated heterocycles. The molecule has 3 rings (SSSR count). The van der Waals surface area contributed by atoms with Crippen LogP contribution in [-0.4, -0.2) is 35.0 Å². The maximum absolute atomic E-state index is 9.71. The zero-order valence-corrected chi connectivity index (χ0v) is 12.6. The van der Waals surface area contributed by atoms with Crippen LogP contribution in [0, 0.1) is 5.92 Å². The summed E-state index contributed by atoms with van der Waals surface area (Å²) in [5, 5.41) is 13.0.